The number of benzene rings is 1. The van der Waals surface area contributed by atoms with Crippen molar-refractivity contribution in [3.8, 4) is 0 Å². The van der Waals surface area contributed by atoms with E-state index in [1.807, 2.05) is 41.5 Å². The zero-order valence-electron chi connectivity index (χ0n) is 22.7. The summed E-state index contributed by atoms with van der Waals surface area (Å²) in [4.78, 5) is 12.0. The van der Waals surface area contributed by atoms with E-state index < -0.39 is 28.9 Å². The number of carbonyl (C=O) groups excluding carboxylic acids is 1. The molecule has 1 N–H and O–H groups in total. The summed E-state index contributed by atoms with van der Waals surface area (Å²) in [5.74, 6) is -2.13. The van der Waals surface area contributed by atoms with Gasteiger partial charge in [-0.05, 0) is 49.9 Å². The Morgan fingerprint density at radius 1 is 1.14 bits per heavy atom. The van der Waals surface area contributed by atoms with E-state index in [1.165, 1.54) is 0 Å². The summed E-state index contributed by atoms with van der Waals surface area (Å²) in [6.45, 7) is 15.3. The van der Waals surface area contributed by atoms with Gasteiger partial charge in [-0.2, -0.15) is 13.2 Å². The number of hydrogen-bond donors (Lipinski definition) is 1. The van der Waals surface area contributed by atoms with Gasteiger partial charge in [0.1, 0.15) is 22.4 Å². The van der Waals surface area contributed by atoms with E-state index >= 15 is 0 Å². The average molecular weight is 572 g/mol. The van der Waals surface area contributed by atoms with E-state index in [2.05, 4.69) is 25.1 Å². The lowest BCUT2D eigenvalue weighted by Gasteiger charge is -2.13. The van der Waals surface area contributed by atoms with Crippen LogP contribution in [0.15, 0.2) is 22.4 Å². The van der Waals surface area contributed by atoms with Gasteiger partial charge in [-0.3, -0.25) is 4.39 Å². The van der Waals surface area contributed by atoms with E-state index in [0.717, 1.165) is 22.5 Å². The highest BCUT2D eigenvalue weighted by Gasteiger charge is 2.31. The lowest BCUT2D eigenvalue weighted by atomic mass is 10.0. The third-order valence-corrected chi connectivity index (χ3v) is 5.89. The van der Waals surface area contributed by atoms with Gasteiger partial charge >= 0.3 is 12.1 Å². The highest BCUT2D eigenvalue weighted by molar-refractivity contribution is 7.86. The number of rotatable bonds is 9. The molecule has 0 aliphatic rings. The molecule has 1 heterocycles. The quantitative estimate of drug-likeness (QED) is 0.186. The third kappa shape index (κ3) is 14.1. The Morgan fingerprint density at radius 3 is 2.24 bits per heavy atom. The van der Waals surface area contributed by atoms with Crippen molar-refractivity contribution in [1.82, 2.24) is 10.2 Å². The first-order chi connectivity index (χ1) is 17.5. The molecule has 0 bridgehead atoms. The third-order valence-electron chi connectivity index (χ3n) is 4.07. The lowest BCUT2D eigenvalue weighted by molar-refractivity contribution is -0.105. The van der Waals surface area contributed by atoms with Crippen LogP contribution in [0, 0.1) is 6.92 Å². The largest absolute Gasteiger partial charge is 0.457 e. The van der Waals surface area contributed by atoms with Crippen LogP contribution in [0.25, 0.3) is 0 Å². The molecule has 0 saturated heterocycles. The molecule has 212 valence electrons. The topological polar surface area (TPSA) is 106 Å². The molecule has 0 fully saturated rings. The average Bonchev–Trinajstić information content (AvgIpc) is 3.35. The van der Waals surface area contributed by atoms with Crippen molar-refractivity contribution >= 4 is 44.8 Å². The molecule has 2 aromatic rings. The highest BCUT2D eigenvalue weighted by atomic mass is 32.2. The van der Waals surface area contributed by atoms with Gasteiger partial charge in [0.15, 0.2) is 0 Å². The summed E-state index contributed by atoms with van der Waals surface area (Å²) in [5.41, 5.74) is 2.04. The predicted molar refractivity (Wildman–Crippen MR) is 142 cm³/mol. The van der Waals surface area contributed by atoms with Crippen molar-refractivity contribution in [2.75, 3.05) is 17.7 Å². The maximum atomic E-state index is 12.5. The minimum absolute atomic E-state index is 0.0111. The van der Waals surface area contributed by atoms with Crippen molar-refractivity contribution in [2.45, 2.75) is 80.5 Å². The fourth-order valence-corrected chi connectivity index (χ4v) is 3.67. The molecule has 1 aromatic heterocycles. The molecule has 0 radical (unpaired) electrons. The van der Waals surface area contributed by atoms with Gasteiger partial charge in [-0.25, -0.2) is 9.00 Å². The van der Waals surface area contributed by atoms with E-state index in [-0.39, 0.29) is 27.6 Å². The molecule has 0 aliphatic carbocycles. The normalized spacial score (nSPS) is 12.1. The minimum atomic E-state index is -4.58. The van der Waals surface area contributed by atoms with Crippen LogP contribution >= 0.6 is 11.3 Å². The maximum Gasteiger partial charge on any atom is 0.402 e. The molecular formula is C23H37F4N5O3S2. The second-order valence-electron chi connectivity index (χ2n) is 6.57. The van der Waals surface area contributed by atoms with Gasteiger partial charge in [0.2, 0.25) is 5.01 Å². The predicted octanol–water partition coefficient (Wildman–Crippen LogP) is 8.06. The summed E-state index contributed by atoms with van der Waals surface area (Å²) in [5, 5.41) is 15.5. The van der Waals surface area contributed by atoms with Gasteiger partial charge in [-0.15, -0.1) is 20.4 Å². The molecule has 37 heavy (non-hydrogen) atoms. The number of esters is 1. The SMILES string of the molecule is CC.CC.CCc1cc(N=Nc2nnc(C(=O)OC(C)CC)s2)c(NS(=O)CC(F)(F)F)cc1C.CF. The Morgan fingerprint density at radius 2 is 1.73 bits per heavy atom. The Balaban J connectivity index is 0. The number of hydrogen-bond acceptors (Lipinski definition) is 8. The van der Waals surface area contributed by atoms with E-state index in [1.54, 1.807) is 26.0 Å². The van der Waals surface area contributed by atoms with Crippen LogP contribution in [0.2, 0.25) is 0 Å². The van der Waals surface area contributed by atoms with E-state index in [9.17, 15) is 26.6 Å². The summed E-state index contributed by atoms with van der Waals surface area (Å²) in [6, 6.07) is 3.21. The van der Waals surface area contributed by atoms with Crippen LogP contribution in [0.3, 0.4) is 0 Å². The molecule has 14 heteroatoms. The zero-order chi connectivity index (χ0) is 29.2. The molecule has 8 nitrogen and oxygen atoms in total. The number of nitrogens with zero attached hydrogens (tertiary/aromatic N) is 4. The van der Waals surface area contributed by atoms with Crippen LogP contribution in [0.5, 0.6) is 0 Å². The van der Waals surface area contributed by atoms with Crippen molar-refractivity contribution < 1.29 is 31.3 Å². The fraction of sp³-hybridized carbons (Fsp3) is 0.609. The van der Waals surface area contributed by atoms with Gasteiger partial charge < -0.3 is 9.46 Å². The standard InChI is InChI=1S/C18H22F3N5O3S2.2C2H6.CH3F/c1-5-11(4)29-16(27)15-23-25-17(30-15)24-22-13-8-12(6-2)10(3)7-14(13)26-31(28)9-18(19,20)21;3*1-2/h7-8,11,26H,5-6,9H2,1-4H3;2*1-2H3;1H3. The molecule has 0 amide bonds. The first kappa shape index (κ1) is 36.7. The summed E-state index contributed by atoms with van der Waals surface area (Å²) in [7, 11) is -1.89. The summed E-state index contributed by atoms with van der Waals surface area (Å²) in [6.07, 6.45) is -3.54. The molecule has 1 aromatic carbocycles. The molecule has 2 rings (SSSR count). The van der Waals surface area contributed by atoms with Crippen LogP contribution < -0.4 is 4.72 Å². The number of halogens is 4. The van der Waals surface area contributed by atoms with Crippen LogP contribution in [0.1, 0.15) is 75.8 Å². The number of aryl methyl sites for hydroxylation is 2. The number of nitrogens with one attached hydrogen (secondary N) is 1. The first-order valence-corrected chi connectivity index (χ1v) is 13.8. The second kappa shape index (κ2) is 19.6. The number of anilines is 1. The van der Waals surface area contributed by atoms with Gasteiger partial charge in [0, 0.05) is 0 Å². The Labute approximate surface area is 222 Å². The van der Waals surface area contributed by atoms with Crippen molar-refractivity contribution in [1.29, 1.82) is 0 Å². The van der Waals surface area contributed by atoms with Gasteiger partial charge in [0.05, 0.1) is 19.0 Å². The second-order valence-corrected chi connectivity index (χ2v) is 8.71. The molecule has 2 atom stereocenters. The smallest absolute Gasteiger partial charge is 0.402 e. The molecule has 0 spiro atoms. The maximum absolute atomic E-state index is 12.5. The van der Waals surface area contributed by atoms with Crippen LogP contribution in [-0.4, -0.2) is 45.6 Å². The molecule has 2 unspecified atom stereocenters. The summed E-state index contributed by atoms with van der Waals surface area (Å²) < 4.78 is 66.4. The van der Waals surface area contributed by atoms with Crippen LogP contribution in [-0.2, 0) is 22.1 Å². The van der Waals surface area contributed by atoms with Gasteiger partial charge in [-0.1, -0.05) is 52.9 Å². The fourth-order valence-electron chi connectivity index (χ4n) is 2.34. The number of aromatic nitrogens is 2. The number of azo groups is 1. The first-order valence-electron chi connectivity index (χ1n) is 11.7. The number of alkyl halides is 4. The minimum Gasteiger partial charge on any atom is -0.457 e. The zero-order valence-corrected chi connectivity index (χ0v) is 24.3. The lowest BCUT2D eigenvalue weighted by Crippen LogP contribution is -2.22. The number of ether oxygens (including phenoxy) is 1. The van der Waals surface area contributed by atoms with Crippen molar-refractivity contribution in [3.63, 3.8) is 0 Å². The Hall–Kier alpha value is -2.48. The van der Waals surface area contributed by atoms with Crippen molar-refractivity contribution in [2.24, 2.45) is 10.2 Å². The molecule has 0 aliphatic heterocycles. The highest BCUT2D eigenvalue weighted by Crippen LogP contribution is 2.32. The molecular weight excluding hydrogens is 534 g/mol. The van der Waals surface area contributed by atoms with E-state index in [0.29, 0.717) is 20.0 Å². The molecule has 0 saturated carbocycles. The van der Waals surface area contributed by atoms with Gasteiger partial charge in [0.25, 0.3) is 5.13 Å². The van der Waals surface area contributed by atoms with Crippen LogP contribution in [0.4, 0.5) is 34.1 Å². The monoisotopic (exact) mass is 571 g/mol. The van der Waals surface area contributed by atoms with Crippen molar-refractivity contribution in [3.05, 3.63) is 28.3 Å². The number of carbonyl (C=O) groups is 1. The Bertz CT molecular complexity index is 986. The Kier molecular flexibility index (Phi) is 19.4. The van der Waals surface area contributed by atoms with E-state index in [4.69, 9.17) is 4.74 Å². The summed E-state index contributed by atoms with van der Waals surface area (Å²) >= 11 is 0.867.